The van der Waals surface area contributed by atoms with Crippen LogP contribution in [0.15, 0.2) is 4.99 Å². The maximum absolute atomic E-state index is 9.05. The summed E-state index contributed by atoms with van der Waals surface area (Å²) in [6, 6.07) is 0. The Bertz CT molecular complexity index is 133. The maximum Gasteiger partial charge on any atom is 0.128 e. The molecule has 0 saturated carbocycles. The van der Waals surface area contributed by atoms with Crippen LogP contribution < -0.4 is 0 Å². The van der Waals surface area contributed by atoms with Crippen molar-refractivity contribution in [2.24, 2.45) is 10.4 Å². The molecule has 0 aliphatic carbocycles. The molecule has 0 radical (unpaired) electrons. The lowest BCUT2D eigenvalue weighted by Crippen LogP contribution is -2.34. The lowest BCUT2D eigenvalue weighted by atomic mass is 9.95. The molecule has 0 aromatic rings. The summed E-state index contributed by atoms with van der Waals surface area (Å²) < 4.78 is 0. The molecule has 0 aromatic carbocycles. The van der Waals surface area contributed by atoms with Gasteiger partial charge in [0.2, 0.25) is 0 Å². The van der Waals surface area contributed by atoms with Gasteiger partial charge in [-0.25, -0.2) is 5.06 Å². The van der Waals surface area contributed by atoms with E-state index in [2.05, 4.69) is 4.99 Å². The van der Waals surface area contributed by atoms with Crippen molar-refractivity contribution in [3.05, 3.63) is 0 Å². The van der Waals surface area contributed by atoms with Gasteiger partial charge in [0.05, 0.1) is 0 Å². The number of hydrogen-bond acceptors (Lipinski definition) is 2. The van der Waals surface area contributed by atoms with Crippen LogP contribution in [0.2, 0.25) is 0 Å². The Labute approximate surface area is 62.3 Å². The van der Waals surface area contributed by atoms with Gasteiger partial charge in [-0.05, 0) is 0 Å². The summed E-state index contributed by atoms with van der Waals surface area (Å²) in [5.74, 6) is 0.688. The molecule has 0 rings (SSSR count). The van der Waals surface area contributed by atoms with Gasteiger partial charge in [-0.15, -0.1) is 0 Å². The van der Waals surface area contributed by atoms with Crippen molar-refractivity contribution in [2.45, 2.75) is 20.8 Å². The Kier molecular flexibility index (Phi) is 2.84. The second-order valence-electron chi connectivity index (χ2n) is 3.32. The van der Waals surface area contributed by atoms with Crippen LogP contribution in [0.5, 0.6) is 0 Å². The van der Waals surface area contributed by atoms with Gasteiger partial charge in [-0.1, -0.05) is 20.8 Å². The van der Waals surface area contributed by atoms with Crippen LogP contribution in [0.3, 0.4) is 0 Å². The van der Waals surface area contributed by atoms with Gasteiger partial charge in [-0.2, -0.15) is 0 Å². The zero-order chi connectivity index (χ0) is 8.36. The van der Waals surface area contributed by atoms with Gasteiger partial charge < -0.3 is 0 Å². The Hall–Kier alpha value is -0.570. The lowest BCUT2D eigenvalue weighted by molar-refractivity contribution is 0.00395. The Morgan fingerprint density at radius 1 is 1.40 bits per heavy atom. The molecule has 60 valence electrons. The van der Waals surface area contributed by atoms with Crippen LogP contribution in [-0.4, -0.2) is 30.2 Å². The van der Waals surface area contributed by atoms with Crippen LogP contribution in [0.25, 0.3) is 0 Å². The van der Waals surface area contributed by atoms with Gasteiger partial charge in [0.15, 0.2) is 0 Å². The Morgan fingerprint density at radius 2 is 1.80 bits per heavy atom. The summed E-state index contributed by atoms with van der Waals surface area (Å²) >= 11 is 0. The van der Waals surface area contributed by atoms with E-state index in [9.17, 15) is 0 Å². The quantitative estimate of drug-likeness (QED) is 0.317. The molecular weight excluding hydrogens is 128 g/mol. The third kappa shape index (κ3) is 2.35. The number of amidine groups is 1. The van der Waals surface area contributed by atoms with Crippen LogP contribution in [-0.2, 0) is 0 Å². The summed E-state index contributed by atoms with van der Waals surface area (Å²) in [5.41, 5.74) is -0.0851. The van der Waals surface area contributed by atoms with Gasteiger partial charge in [0.25, 0.3) is 0 Å². The average Bonchev–Trinajstić information content (AvgIpc) is 1.60. The smallest absolute Gasteiger partial charge is 0.128 e. The molecule has 10 heavy (non-hydrogen) atoms. The number of nitrogens with zero attached hydrogens (tertiary/aromatic N) is 2. The minimum atomic E-state index is -0.0851. The summed E-state index contributed by atoms with van der Waals surface area (Å²) in [6.45, 7) is 6.01. The van der Waals surface area contributed by atoms with Crippen molar-refractivity contribution in [3.63, 3.8) is 0 Å². The fraction of sp³-hybridized carbons (Fsp3) is 0.857. The summed E-state index contributed by atoms with van der Waals surface area (Å²) in [4.78, 5) is 3.95. The second kappa shape index (κ2) is 3.01. The molecule has 0 fully saturated rings. The number of rotatable bonds is 0. The standard InChI is InChI=1S/C7H16N2O/c1-7(2,3)6(8-4)9(5)10/h10H,1-5H3. The minimum Gasteiger partial charge on any atom is -0.288 e. The molecule has 0 aliphatic rings. The molecule has 0 unspecified atom stereocenters. The summed E-state index contributed by atoms with van der Waals surface area (Å²) in [7, 11) is 3.25. The molecule has 0 amide bonds. The summed E-state index contributed by atoms with van der Waals surface area (Å²) in [6.07, 6.45) is 0. The molecular formula is C7H16N2O. The van der Waals surface area contributed by atoms with E-state index in [0.717, 1.165) is 5.06 Å². The zero-order valence-corrected chi connectivity index (χ0v) is 7.34. The third-order valence-electron chi connectivity index (χ3n) is 1.19. The molecule has 0 aromatic heterocycles. The number of hydroxylamine groups is 2. The molecule has 0 aliphatic heterocycles. The highest BCUT2D eigenvalue weighted by Crippen LogP contribution is 2.16. The van der Waals surface area contributed by atoms with Crippen molar-refractivity contribution in [1.29, 1.82) is 0 Å². The fourth-order valence-electron chi connectivity index (χ4n) is 0.966. The van der Waals surface area contributed by atoms with Crippen LogP contribution in [0.4, 0.5) is 0 Å². The molecule has 0 spiro atoms. The van der Waals surface area contributed by atoms with E-state index in [1.54, 1.807) is 14.1 Å². The fourth-order valence-corrected chi connectivity index (χ4v) is 0.966. The molecule has 3 nitrogen and oxygen atoms in total. The Morgan fingerprint density at radius 3 is 1.80 bits per heavy atom. The van der Waals surface area contributed by atoms with Gasteiger partial charge in [-0.3, -0.25) is 10.2 Å². The normalized spacial score (nSPS) is 13.6. The SMILES string of the molecule is CN=C(N(C)O)C(C)(C)C. The van der Waals surface area contributed by atoms with Gasteiger partial charge in [0.1, 0.15) is 5.84 Å². The molecule has 0 atom stereocenters. The van der Waals surface area contributed by atoms with Crippen molar-refractivity contribution in [1.82, 2.24) is 5.06 Å². The van der Waals surface area contributed by atoms with E-state index in [-0.39, 0.29) is 5.41 Å². The van der Waals surface area contributed by atoms with Gasteiger partial charge >= 0.3 is 0 Å². The van der Waals surface area contributed by atoms with E-state index in [1.165, 1.54) is 0 Å². The molecule has 0 heterocycles. The van der Waals surface area contributed by atoms with Crippen molar-refractivity contribution >= 4 is 5.84 Å². The first-order valence-corrected chi connectivity index (χ1v) is 3.29. The van der Waals surface area contributed by atoms with E-state index < -0.39 is 0 Å². The van der Waals surface area contributed by atoms with Crippen LogP contribution in [0, 0.1) is 5.41 Å². The topological polar surface area (TPSA) is 35.8 Å². The van der Waals surface area contributed by atoms with Crippen molar-refractivity contribution in [2.75, 3.05) is 14.1 Å². The predicted octanol–water partition coefficient (Wildman–Crippen LogP) is 1.38. The lowest BCUT2D eigenvalue weighted by Gasteiger charge is -2.25. The highest BCUT2D eigenvalue weighted by molar-refractivity contribution is 5.85. The maximum atomic E-state index is 9.05. The van der Waals surface area contributed by atoms with Crippen LogP contribution in [0.1, 0.15) is 20.8 Å². The predicted molar refractivity (Wildman–Crippen MR) is 42.4 cm³/mol. The van der Waals surface area contributed by atoms with Crippen molar-refractivity contribution < 1.29 is 5.21 Å². The number of hydrogen-bond donors (Lipinski definition) is 1. The van der Waals surface area contributed by atoms with Crippen molar-refractivity contribution in [3.8, 4) is 0 Å². The third-order valence-corrected chi connectivity index (χ3v) is 1.19. The first-order chi connectivity index (χ1) is 4.39. The molecule has 0 bridgehead atoms. The minimum absolute atomic E-state index is 0.0851. The molecule has 1 N–H and O–H groups in total. The monoisotopic (exact) mass is 144 g/mol. The first-order valence-electron chi connectivity index (χ1n) is 3.29. The van der Waals surface area contributed by atoms with Crippen LogP contribution >= 0.6 is 0 Å². The zero-order valence-electron chi connectivity index (χ0n) is 7.34. The molecule has 3 heteroatoms. The number of aliphatic imine (C=N–C) groups is 1. The largest absolute Gasteiger partial charge is 0.288 e. The highest BCUT2D eigenvalue weighted by Gasteiger charge is 2.20. The highest BCUT2D eigenvalue weighted by atomic mass is 16.5. The van der Waals surface area contributed by atoms with E-state index >= 15 is 0 Å². The second-order valence-corrected chi connectivity index (χ2v) is 3.32. The van der Waals surface area contributed by atoms with E-state index in [0.29, 0.717) is 5.84 Å². The average molecular weight is 144 g/mol. The molecule has 0 saturated heterocycles. The first kappa shape index (κ1) is 9.43. The summed E-state index contributed by atoms with van der Waals surface area (Å²) in [5, 5.41) is 10.1. The van der Waals surface area contributed by atoms with E-state index in [4.69, 9.17) is 5.21 Å². The Balaban J connectivity index is 4.40. The van der Waals surface area contributed by atoms with Gasteiger partial charge in [0, 0.05) is 19.5 Å². The van der Waals surface area contributed by atoms with E-state index in [1.807, 2.05) is 20.8 Å².